The molecule has 0 saturated carbocycles. The molecule has 0 aliphatic carbocycles. The summed E-state index contributed by atoms with van der Waals surface area (Å²) in [7, 11) is 1.63. The van der Waals surface area contributed by atoms with Gasteiger partial charge in [-0.3, -0.25) is 0 Å². The molecule has 0 amide bonds. The van der Waals surface area contributed by atoms with Gasteiger partial charge in [-0.1, -0.05) is 17.7 Å². The Morgan fingerprint density at radius 2 is 2.06 bits per heavy atom. The molecular weight excluding hydrogens is 230 g/mol. The Bertz CT molecular complexity index is 355. The van der Waals surface area contributed by atoms with Crippen LogP contribution in [0.2, 0.25) is 0 Å². The average Bonchev–Trinajstić information content (AvgIpc) is 2.33. The minimum absolute atomic E-state index is 0.321. The van der Waals surface area contributed by atoms with Crippen molar-refractivity contribution in [1.29, 1.82) is 0 Å². The van der Waals surface area contributed by atoms with Crippen LogP contribution in [0.5, 0.6) is 0 Å². The highest BCUT2D eigenvalue weighted by Gasteiger charge is 2.05. The summed E-state index contributed by atoms with van der Waals surface area (Å²) in [6, 6.07) is 6.20. The highest BCUT2D eigenvalue weighted by atomic mass is 16.5. The SMILES string of the molecule is COCCOCC(O)CNc1ccc(C)cc1C. The van der Waals surface area contributed by atoms with Crippen LogP contribution in [-0.2, 0) is 9.47 Å². The van der Waals surface area contributed by atoms with Gasteiger partial charge < -0.3 is 19.9 Å². The van der Waals surface area contributed by atoms with Crippen molar-refractivity contribution in [2.75, 3.05) is 38.8 Å². The Morgan fingerprint density at radius 1 is 1.28 bits per heavy atom. The number of aliphatic hydroxyl groups is 1. The van der Waals surface area contributed by atoms with E-state index in [9.17, 15) is 5.11 Å². The smallest absolute Gasteiger partial charge is 0.0945 e. The van der Waals surface area contributed by atoms with Crippen LogP contribution in [0.15, 0.2) is 18.2 Å². The Labute approximate surface area is 109 Å². The zero-order valence-electron chi connectivity index (χ0n) is 11.4. The lowest BCUT2D eigenvalue weighted by Gasteiger charge is -2.15. The Kier molecular flexibility index (Phi) is 6.72. The van der Waals surface area contributed by atoms with E-state index < -0.39 is 6.10 Å². The molecule has 1 unspecified atom stereocenters. The van der Waals surface area contributed by atoms with Crippen molar-refractivity contribution in [1.82, 2.24) is 0 Å². The number of ether oxygens (including phenoxy) is 2. The number of rotatable bonds is 8. The molecule has 4 heteroatoms. The van der Waals surface area contributed by atoms with Gasteiger partial charge in [-0.05, 0) is 25.5 Å². The van der Waals surface area contributed by atoms with Crippen LogP contribution in [0.3, 0.4) is 0 Å². The van der Waals surface area contributed by atoms with Gasteiger partial charge in [0.05, 0.1) is 25.9 Å². The lowest BCUT2D eigenvalue weighted by molar-refractivity contribution is 0.0182. The van der Waals surface area contributed by atoms with Gasteiger partial charge in [0.15, 0.2) is 0 Å². The lowest BCUT2D eigenvalue weighted by Crippen LogP contribution is -2.25. The summed E-state index contributed by atoms with van der Waals surface area (Å²) in [5.74, 6) is 0. The topological polar surface area (TPSA) is 50.7 Å². The Balaban J connectivity index is 2.27. The van der Waals surface area contributed by atoms with Gasteiger partial charge in [-0.25, -0.2) is 0 Å². The van der Waals surface area contributed by atoms with E-state index >= 15 is 0 Å². The first-order valence-corrected chi connectivity index (χ1v) is 6.19. The van der Waals surface area contributed by atoms with Crippen molar-refractivity contribution in [3.63, 3.8) is 0 Å². The standard InChI is InChI=1S/C14H23NO3/c1-11-4-5-14(12(2)8-11)15-9-13(16)10-18-7-6-17-3/h4-5,8,13,15-16H,6-7,9-10H2,1-3H3. The van der Waals surface area contributed by atoms with Crippen LogP contribution in [0.1, 0.15) is 11.1 Å². The van der Waals surface area contributed by atoms with E-state index in [1.807, 2.05) is 6.07 Å². The minimum atomic E-state index is -0.512. The molecule has 18 heavy (non-hydrogen) atoms. The summed E-state index contributed by atoms with van der Waals surface area (Å²) in [5, 5.41) is 12.9. The van der Waals surface area contributed by atoms with Crippen molar-refractivity contribution in [3.8, 4) is 0 Å². The molecule has 1 aromatic rings. The zero-order chi connectivity index (χ0) is 13.4. The fraction of sp³-hybridized carbons (Fsp3) is 0.571. The monoisotopic (exact) mass is 253 g/mol. The van der Waals surface area contributed by atoms with E-state index in [0.717, 1.165) is 5.69 Å². The van der Waals surface area contributed by atoms with Crippen LogP contribution in [0.25, 0.3) is 0 Å². The van der Waals surface area contributed by atoms with Gasteiger partial charge in [-0.2, -0.15) is 0 Å². The molecule has 0 aliphatic heterocycles. The van der Waals surface area contributed by atoms with E-state index in [1.165, 1.54) is 11.1 Å². The fourth-order valence-corrected chi connectivity index (χ4v) is 1.66. The highest BCUT2D eigenvalue weighted by Crippen LogP contribution is 2.15. The summed E-state index contributed by atoms with van der Waals surface area (Å²) in [4.78, 5) is 0. The van der Waals surface area contributed by atoms with Crippen molar-refractivity contribution >= 4 is 5.69 Å². The first kappa shape index (κ1) is 15.0. The summed E-state index contributed by atoms with van der Waals surface area (Å²) in [6.07, 6.45) is -0.512. The maximum atomic E-state index is 9.73. The molecule has 1 atom stereocenters. The van der Waals surface area contributed by atoms with Gasteiger partial charge in [0, 0.05) is 19.3 Å². The summed E-state index contributed by atoms with van der Waals surface area (Å²) in [5.41, 5.74) is 3.47. The average molecular weight is 253 g/mol. The number of aryl methyl sites for hydroxylation is 2. The van der Waals surface area contributed by atoms with Crippen LogP contribution in [-0.4, -0.2) is 44.7 Å². The van der Waals surface area contributed by atoms with Crippen molar-refractivity contribution in [2.24, 2.45) is 0 Å². The molecule has 2 N–H and O–H groups in total. The van der Waals surface area contributed by atoms with Gasteiger partial charge in [0.2, 0.25) is 0 Å². The van der Waals surface area contributed by atoms with Crippen LogP contribution < -0.4 is 5.32 Å². The first-order valence-electron chi connectivity index (χ1n) is 6.19. The van der Waals surface area contributed by atoms with E-state index in [1.54, 1.807) is 7.11 Å². The molecular formula is C14H23NO3. The molecule has 0 aromatic heterocycles. The van der Waals surface area contributed by atoms with Crippen molar-refractivity contribution in [3.05, 3.63) is 29.3 Å². The number of nitrogens with one attached hydrogen (secondary N) is 1. The van der Waals surface area contributed by atoms with Gasteiger partial charge in [0.25, 0.3) is 0 Å². The van der Waals surface area contributed by atoms with E-state index in [0.29, 0.717) is 26.4 Å². The van der Waals surface area contributed by atoms with Crippen LogP contribution in [0.4, 0.5) is 5.69 Å². The summed E-state index contributed by atoms with van der Waals surface area (Å²) in [6.45, 7) is 5.98. The third-order valence-corrected chi connectivity index (χ3v) is 2.65. The normalized spacial score (nSPS) is 12.4. The molecule has 0 bridgehead atoms. The van der Waals surface area contributed by atoms with Crippen LogP contribution in [0, 0.1) is 13.8 Å². The highest BCUT2D eigenvalue weighted by molar-refractivity contribution is 5.51. The molecule has 0 saturated heterocycles. The minimum Gasteiger partial charge on any atom is -0.389 e. The van der Waals surface area contributed by atoms with Gasteiger partial charge in [-0.15, -0.1) is 0 Å². The Hall–Kier alpha value is -1.10. The number of aliphatic hydroxyl groups excluding tert-OH is 1. The van der Waals surface area contributed by atoms with E-state index in [4.69, 9.17) is 9.47 Å². The maximum absolute atomic E-state index is 9.73. The summed E-state index contributed by atoms with van der Waals surface area (Å²) < 4.78 is 10.1. The number of hydrogen-bond donors (Lipinski definition) is 2. The largest absolute Gasteiger partial charge is 0.389 e. The lowest BCUT2D eigenvalue weighted by atomic mass is 10.1. The molecule has 1 aromatic carbocycles. The third kappa shape index (κ3) is 5.49. The molecule has 0 fully saturated rings. The predicted octanol–water partition coefficient (Wildman–Crippen LogP) is 1.74. The number of benzene rings is 1. The molecule has 0 aliphatic rings. The molecule has 0 heterocycles. The first-order chi connectivity index (χ1) is 8.63. The Morgan fingerprint density at radius 3 is 2.72 bits per heavy atom. The second-order valence-corrected chi connectivity index (χ2v) is 4.42. The molecule has 1 rings (SSSR count). The van der Waals surface area contributed by atoms with Gasteiger partial charge in [0.1, 0.15) is 0 Å². The zero-order valence-corrected chi connectivity index (χ0v) is 11.4. The van der Waals surface area contributed by atoms with Gasteiger partial charge >= 0.3 is 0 Å². The quantitative estimate of drug-likeness (QED) is 0.693. The van der Waals surface area contributed by atoms with Crippen molar-refractivity contribution in [2.45, 2.75) is 20.0 Å². The molecule has 0 radical (unpaired) electrons. The second kappa shape index (κ2) is 8.08. The number of hydrogen-bond acceptors (Lipinski definition) is 4. The van der Waals surface area contributed by atoms with E-state index in [2.05, 4.69) is 31.3 Å². The molecule has 4 nitrogen and oxygen atoms in total. The molecule has 0 spiro atoms. The fourth-order valence-electron chi connectivity index (χ4n) is 1.66. The third-order valence-electron chi connectivity index (χ3n) is 2.65. The predicted molar refractivity (Wildman–Crippen MR) is 73.1 cm³/mol. The molecule has 102 valence electrons. The second-order valence-electron chi connectivity index (χ2n) is 4.42. The van der Waals surface area contributed by atoms with E-state index in [-0.39, 0.29) is 0 Å². The summed E-state index contributed by atoms with van der Waals surface area (Å²) >= 11 is 0. The number of anilines is 1. The number of methoxy groups -OCH3 is 1. The van der Waals surface area contributed by atoms with Crippen LogP contribution >= 0.6 is 0 Å². The maximum Gasteiger partial charge on any atom is 0.0945 e. The van der Waals surface area contributed by atoms with Crippen molar-refractivity contribution < 1.29 is 14.6 Å².